The minimum absolute atomic E-state index is 0.0224. The number of aliphatic hydroxyl groups is 1. The summed E-state index contributed by atoms with van der Waals surface area (Å²) < 4.78 is 5.20. The number of esters is 1. The molecule has 4 aliphatic rings. The van der Waals surface area contributed by atoms with E-state index >= 15 is 0 Å². The van der Waals surface area contributed by atoms with Gasteiger partial charge in [-0.3, -0.25) is 4.79 Å². The van der Waals surface area contributed by atoms with Crippen LogP contribution in [0, 0.1) is 46.3 Å². The maximum Gasteiger partial charge on any atom is 0.309 e. The zero-order valence-electron chi connectivity index (χ0n) is 18.2. The Bertz CT molecular complexity index is 615. The molecule has 3 nitrogen and oxygen atoms in total. The third kappa shape index (κ3) is 2.99. The van der Waals surface area contributed by atoms with Gasteiger partial charge in [0.1, 0.15) is 0 Å². The third-order valence-corrected chi connectivity index (χ3v) is 10.1. The van der Waals surface area contributed by atoms with Gasteiger partial charge in [0.2, 0.25) is 0 Å². The van der Waals surface area contributed by atoms with E-state index in [1.54, 1.807) is 0 Å². The maximum atomic E-state index is 12.6. The maximum absolute atomic E-state index is 12.6. The van der Waals surface area contributed by atoms with Gasteiger partial charge >= 0.3 is 5.97 Å². The van der Waals surface area contributed by atoms with Crippen LogP contribution < -0.4 is 0 Å². The Kier molecular flexibility index (Phi) is 5.44. The summed E-state index contributed by atoms with van der Waals surface area (Å²) >= 11 is 0. The van der Waals surface area contributed by atoms with Gasteiger partial charge in [-0.05, 0) is 105 Å². The minimum atomic E-state index is -0.0703. The van der Waals surface area contributed by atoms with E-state index in [0.29, 0.717) is 17.3 Å². The van der Waals surface area contributed by atoms with Crippen LogP contribution >= 0.6 is 0 Å². The molecular formula is C25H40O3. The van der Waals surface area contributed by atoms with Crippen molar-refractivity contribution in [3.8, 4) is 0 Å². The van der Waals surface area contributed by atoms with Gasteiger partial charge in [-0.15, -0.1) is 6.58 Å². The molecule has 4 aliphatic carbocycles. The van der Waals surface area contributed by atoms with Crippen molar-refractivity contribution >= 4 is 5.97 Å². The first-order valence-electron chi connectivity index (χ1n) is 11.7. The number of aliphatic hydroxyl groups excluding tert-OH is 1. The number of hydrogen-bond donors (Lipinski definition) is 1. The molecule has 0 saturated heterocycles. The van der Waals surface area contributed by atoms with Crippen molar-refractivity contribution in [1.82, 2.24) is 0 Å². The zero-order chi connectivity index (χ0) is 20.1. The predicted octanol–water partition coefficient (Wildman–Crippen LogP) is 5.37. The Labute approximate surface area is 171 Å². The molecule has 9 atom stereocenters. The lowest BCUT2D eigenvalue weighted by molar-refractivity contribution is -0.153. The molecule has 0 aromatic heterocycles. The Balaban J connectivity index is 1.58. The Hall–Kier alpha value is -0.830. The van der Waals surface area contributed by atoms with Crippen LogP contribution in [0.15, 0.2) is 12.7 Å². The molecule has 28 heavy (non-hydrogen) atoms. The Morgan fingerprint density at radius 1 is 1.11 bits per heavy atom. The van der Waals surface area contributed by atoms with Gasteiger partial charge in [0.05, 0.1) is 19.1 Å². The predicted molar refractivity (Wildman–Crippen MR) is 112 cm³/mol. The molecule has 3 heteroatoms. The molecule has 1 N–H and O–H groups in total. The van der Waals surface area contributed by atoms with E-state index in [0.717, 1.165) is 43.4 Å². The Morgan fingerprint density at radius 3 is 2.54 bits per heavy atom. The van der Waals surface area contributed by atoms with E-state index in [2.05, 4.69) is 20.4 Å². The van der Waals surface area contributed by atoms with Crippen molar-refractivity contribution < 1.29 is 14.6 Å². The highest BCUT2D eigenvalue weighted by molar-refractivity contribution is 5.73. The molecule has 0 amide bonds. The Morgan fingerprint density at radius 2 is 1.82 bits per heavy atom. The fourth-order valence-corrected chi connectivity index (χ4v) is 8.69. The highest BCUT2D eigenvalue weighted by atomic mass is 16.5. The van der Waals surface area contributed by atoms with Gasteiger partial charge in [0, 0.05) is 0 Å². The van der Waals surface area contributed by atoms with E-state index in [1.807, 2.05) is 6.08 Å². The quantitative estimate of drug-likeness (QED) is 0.520. The zero-order valence-corrected chi connectivity index (χ0v) is 18.2. The van der Waals surface area contributed by atoms with E-state index in [1.165, 1.54) is 45.6 Å². The average molecular weight is 389 g/mol. The molecule has 158 valence electrons. The summed E-state index contributed by atoms with van der Waals surface area (Å²) in [6.45, 7) is 8.95. The largest absolute Gasteiger partial charge is 0.469 e. The van der Waals surface area contributed by atoms with Gasteiger partial charge in [-0.25, -0.2) is 0 Å². The molecule has 4 saturated carbocycles. The van der Waals surface area contributed by atoms with Crippen molar-refractivity contribution in [2.24, 2.45) is 46.3 Å². The van der Waals surface area contributed by atoms with Crippen LogP contribution in [0.2, 0.25) is 0 Å². The summed E-state index contributed by atoms with van der Waals surface area (Å²) in [6, 6.07) is 0. The highest BCUT2D eigenvalue weighted by Crippen LogP contribution is 2.68. The van der Waals surface area contributed by atoms with Crippen molar-refractivity contribution in [2.45, 2.75) is 84.2 Å². The van der Waals surface area contributed by atoms with Crippen LogP contribution in [0.3, 0.4) is 0 Å². The number of hydrogen-bond acceptors (Lipinski definition) is 3. The van der Waals surface area contributed by atoms with Crippen LogP contribution in [-0.4, -0.2) is 24.3 Å². The summed E-state index contributed by atoms with van der Waals surface area (Å²) in [5.74, 6) is 3.45. The number of rotatable bonds is 4. The molecule has 0 aromatic carbocycles. The number of allylic oxidation sites excluding steroid dienone is 1. The second kappa shape index (κ2) is 7.45. The van der Waals surface area contributed by atoms with Crippen LogP contribution in [0.4, 0.5) is 0 Å². The molecule has 4 rings (SSSR count). The van der Waals surface area contributed by atoms with Crippen LogP contribution in [0.1, 0.15) is 78.1 Å². The van der Waals surface area contributed by atoms with Gasteiger partial charge in [0.25, 0.3) is 0 Å². The lowest BCUT2D eigenvalue weighted by Crippen LogP contribution is -2.54. The minimum Gasteiger partial charge on any atom is -0.469 e. The van der Waals surface area contributed by atoms with E-state index < -0.39 is 0 Å². The van der Waals surface area contributed by atoms with Crippen molar-refractivity contribution in [1.29, 1.82) is 0 Å². The van der Waals surface area contributed by atoms with Gasteiger partial charge in [0.15, 0.2) is 0 Å². The molecule has 0 bridgehead atoms. The van der Waals surface area contributed by atoms with Gasteiger partial charge in [-0.2, -0.15) is 0 Å². The van der Waals surface area contributed by atoms with Gasteiger partial charge in [-0.1, -0.05) is 19.9 Å². The highest BCUT2D eigenvalue weighted by Gasteiger charge is 2.61. The summed E-state index contributed by atoms with van der Waals surface area (Å²) in [7, 11) is 1.53. The molecule has 0 unspecified atom stereocenters. The van der Waals surface area contributed by atoms with Crippen molar-refractivity contribution in [2.75, 3.05) is 7.11 Å². The first-order chi connectivity index (χ1) is 13.3. The first-order valence-corrected chi connectivity index (χ1v) is 11.7. The van der Waals surface area contributed by atoms with E-state index in [9.17, 15) is 9.90 Å². The van der Waals surface area contributed by atoms with Crippen LogP contribution in [0.5, 0.6) is 0 Å². The summed E-state index contributed by atoms with van der Waals surface area (Å²) in [4.78, 5) is 12.6. The monoisotopic (exact) mass is 388 g/mol. The number of carbonyl (C=O) groups is 1. The standard InChI is InChI=1S/C25H40O3/c1-5-6-19(23(27)28-4)21-10-9-20-18-8-7-16-15-17(26)11-13-24(16,2)22(18)12-14-25(20,21)3/h5,16-22,26H,1,6-15H2,2-4H3/t16-,17-,18-,19+,20-,21+,22-,24-,25-/m0/s1. The molecule has 0 spiro atoms. The normalized spacial score (nSPS) is 48.7. The smallest absolute Gasteiger partial charge is 0.309 e. The first kappa shape index (κ1) is 20.4. The molecular weight excluding hydrogens is 348 g/mol. The second-order valence-electron chi connectivity index (χ2n) is 11.0. The number of ether oxygens (including phenoxy) is 1. The number of methoxy groups -OCH3 is 1. The SMILES string of the molecule is C=CC[C@@H](C(=O)OC)[C@H]1CC[C@H]2[C@@H]3CC[C@H]4C[C@@H](O)CC[C@]4(C)[C@H]3CC[C@]12C. The van der Waals surface area contributed by atoms with Crippen LogP contribution in [0.25, 0.3) is 0 Å². The lowest BCUT2D eigenvalue weighted by atomic mass is 9.44. The fourth-order valence-electron chi connectivity index (χ4n) is 8.69. The third-order valence-electron chi connectivity index (χ3n) is 10.1. The van der Waals surface area contributed by atoms with Crippen molar-refractivity contribution in [3.05, 3.63) is 12.7 Å². The topological polar surface area (TPSA) is 46.5 Å². The van der Waals surface area contributed by atoms with Crippen LogP contribution in [-0.2, 0) is 9.53 Å². The lowest BCUT2D eigenvalue weighted by Gasteiger charge is -2.61. The van der Waals surface area contributed by atoms with E-state index in [4.69, 9.17) is 4.74 Å². The van der Waals surface area contributed by atoms with Crippen molar-refractivity contribution in [3.63, 3.8) is 0 Å². The average Bonchev–Trinajstić information content (AvgIpc) is 3.03. The number of carbonyl (C=O) groups excluding carboxylic acids is 1. The molecule has 0 aromatic rings. The number of fused-ring (bicyclic) bond motifs is 5. The summed E-state index contributed by atoms with van der Waals surface area (Å²) in [5, 5.41) is 10.2. The summed E-state index contributed by atoms with van der Waals surface area (Å²) in [5.41, 5.74) is 0.685. The fraction of sp³-hybridized carbons (Fsp3) is 0.880. The molecule has 0 radical (unpaired) electrons. The second-order valence-corrected chi connectivity index (χ2v) is 11.0. The van der Waals surface area contributed by atoms with E-state index in [-0.39, 0.29) is 23.4 Å². The van der Waals surface area contributed by atoms with Gasteiger partial charge < -0.3 is 9.84 Å². The molecule has 0 aliphatic heterocycles. The summed E-state index contributed by atoms with van der Waals surface area (Å²) in [6.07, 6.45) is 13.4. The molecule has 4 fully saturated rings. The molecule has 0 heterocycles.